The fourth-order valence-electron chi connectivity index (χ4n) is 1.54. The maximum atomic E-state index is 11.7. The number of esters is 1. The first-order valence-corrected chi connectivity index (χ1v) is 5.53. The van der Waals surface area contributed by atoms with Gasteiger partial charge in [-0.25, -0.2) is 0 Å². The molecule has 0 spiro atoms. The second-order valence-electron chi connectivity index (χ2n) is 4.10. The van der Waals surface area contributed by atoms with Crippen molar-refractivity contribution in [2.45, 2.75) is 26.5 Å². The average molecular weight is 221 g/mol. The molecule has 1 atom stereocenters. The van der Waals surface area contributed by atoms with Gasteiger partial charge in [0.2, 0.25) is 0 Å². The minimum Gasteiger partial charge on any atom is -0.460 e. The number of hydrogen-bond acceptors (Lipinski definition) is 3. The molecule has 0 unspecified atom stereocenters. The molecule has 0 saturated carbocycles. The highest BCUT2D eigenvalue weighted by Crippen LogP contribution is 2.06. The third kappa shape index (κ3) is 3.66. The summed E-state index contributed by atoms with van der Waals surface area (Å²) < 4.78 is 5.24. The monoisotopic (exact) mass is 221 g/mol. The molecule has 0 aromatic heterocycles. The van der Waals surface area contributed by atoms with E-state index in [0.717, 1.165) is 5.56 Å². The zero-order valence-corrected chi connectivity index (χ0v) is 10.1. The molecule has 0 heterocycles. The average Bonchev–Trinajstić information content (AvgIpc) is 2.28. The lowest BCUT2D eigenvalue weighted by atomic mass is 10.1. The van der Waals surface area contributed by atoms with E-state index in [1.807, 2.05) is 44.2 Å². The van der Waals surface area contributed by atoms with Gasteiger partial charge in [0.15, 0.2) is 0 Å². The summed E-state index contributed by atoms with van der Waals surface area (Å²) in [5.74, 6) is 0.0367. The molecule has 0 aliphatic carbocycles. The number of hydrogen-bond donors (Lipinski definition) is 1. The van der Waals surface area contributed by atoms with E-state index in [2.05, 4.69) is 5.32 Å². The summed E-state index contributed by atoms with van der Waals surface area (Å²) in [6.07, 6.45) is 0. The van der Waals surface area contributed by atoms with Crippen LogP contribution in [0.15, 0.2) is 30.3 Å². The van der Waals surface area contributed by atoms with Crippen LogP contribution < -0.4 is 5.32 Å². The van der Waals surface area contributed by atoms with E-state index in [4.69, 9.17) is 4.74 Å². The maximum Gasteiger partial charge on any atom is 0.323 e. The van der Waals surface area contributed by atoms with Crippen molar-refractivity contribution in [1.82, 2.24) is 5.32 Å². The van der Waals surface area contributed by atoms with E-state index in [1.165, 1.54) is 0 Å². The molecule has 1 rings (SSSR count). The number of likely N-dealkylation sites (N-methyl/N-ethyl adjacent to an activating group) is 1. The van der Waals surface area contributed by atoms with Crippen LogP contribution >= 0.6 is 0 Å². The van der Waals surface area contributed by atoms with Gasteiger partial charge in [-0.05, 0) is 18.5 Å². The molecule has 1 aromatic rings. The van der Waals surface area contributed by atoms with Crippen molar-refractivity contribution >= 4 is 5.97 Å². The van der Waals surface area contributed by atoms with Gasteiger partial charge in [0.05, 0.1) is 0 Å². The quantitative estimate of drug-likeness (QED) is 0.773. The highest BCUT2D eigenvalue weighted by Gasteiger charge is 2.21. The van der Waals surface area contributed by atoms with E-state index in [-0.39, 0.29) is 17.9 Å². The van der Waals surface area contributed by atoms with Gasteiger partial charge in [-0.1, -0.05) is 44.2 Å². The van der Waals surface area contributed by atoms with Crippen LogP contribution in [-0.4, -0.2) is 19.1 Å². The number of rotatable bonds is 5. The maximum absolute atomic E-state index is 11.7. The number of carbonyl (C=O) groups is 1. The van der Waals surface area contributed by atoms with Crippen molar-refractivity contribution in [1.29, 1.82) is 0 Å². The summed E-state index contributed by atoms with van der Waals surface area (Å²) in [4.78, 5) is 11.7. The lowest BCUT2D eigenvalue weighted by Crippen LogP contribution is -2.39. The topological polar surface area (TPSA) is 38.3 Å². The Morgan fingerprint density at radius 1 is 1.31 bits per heavy atom. The Kier molecular flexibility index (Phi) is 4.99. The standard InChI is InChI=1S/C13H19NO2/c1-10(2)12(14-3)13(15)16-9-11-7-5-4-6-8-11/h4-8,10,12,14H,9H2,1-3H3/t12-/m0/s1. The first-order valence-electron chi connectivity index (χ1n) is 5.53. The Balaban J connectivity index is 2.46. The van der Waals surface area contributed by atoms with Crippen molar-refractivity contribution in [2.75, 3.05) is 7.05 Å². The summed E-state index contributed by atoms with van der Waals surface area (Å²) in [6.45, 7) is 4.32. The van der Waals surface area contributed by atoms with Crippen molar-refractivity contribution in [3.63, 3.8) is 0 Å². The van der Waals surface area contributed by atoms with Crippen LogP contribution in [0.2, 0.25) is 0 Å². The number of ether oxygens (including phenoxy) is 1. The summed E-state index contributed by atoms with van der Waals surface area (Å²) in [5.41, 5.74) is 1.01. The number of benzene rings is 1. The van der Waals surface area contributed by atoms with Gasteiger partial charge in [-0.3, -0.25) is 4.79 Å². The number of nitrogens with one attached hydrogen (secondary N) is 1. The summed E-state index contributed by atoms with van der Waals surface area (Å²) in [6, 6.07) is 9.45. The van der Waals surface area contributed by atoms with Gasteiger partial charge < -0.3 is 10.1 Å². The van der Waals surface area contributed by atoms with Crippen molar-refractivity contribution in [3.8, 4) is 0 Å². The molecule has 0 bridgehead atoms. The van der Waals surface area contributed by atoms with Gasteiger partial charge in [0.1, 0.15) is 12.6 Å². The van der Waals surface area contributed by atoms with Crippen LogP contribution in [0.4, 0.5) is 0 Å². The molecule has 0 fully saturated rings. The van der Waals surface area contributed by atoms with E-state index >= 15 is 0 Å². The Bertz CT molecular complexity index is 322. The lowest BCUT2D eigenvalue weighted by Gasteiger charge is -2.18. The predicted octanol–water partition coefficient (Wildman–Crippen LogP) is 1.97. The van der Waals surface area contributed by atoms with E-state index in [0.29, 0.717) is 6.61 Å². The fourth-order valence-corrected chi connectivity index (χ4v) is 1.54. The molecule has 0 radical (unpaired) electrons. The lowest BCUT2D eigenvalue weighted by molar-refractivity contribution is -0.148. The first kappa shape index (κ1) is 12.7. The predicted molar refractivity (Wildman–Crippen MR) is 63.9 cm³/mol. The summed E-state index contributed by atoms with van der Waals surface area (Å²) in [7, 11) is 1.77. The van der Waals surface area contributed by atoms with Crippen LogP contribution in [0.25, 0.3) is 0 Å². The second kappa shape index (κ2) is 6.28. The van der Waals surface area contributed by atoms with Gasteiger partial charge in [-0.2, -0.15) is 0 Å². The van der Waals surface area contributed by atoms with Crippen molar-refractivity contribution < 1.29 is 9.53 Å². The second-order valence-corrected chi connectivity index (χ2v) is 4.10. The molecule has 0 aliphatic rings. The van der Waals surface area contributed by atoms with Crippen molar-refractivity contribution in [3.05, 3.63) is 35.9 Å². The minimum absolute atomic E-state index is 0.193. The molecular formula is C13H19NO2. The molecule has 0 saturated heterocycles. The van der Waals surface area contributed by atoms with Crippen molar-refractivity contribution in [2.24, 2.45) is 5.92 Å². The third-order valence-corrected chi connectivity index (χ3v) is 2.46. The minimum atomic E-state index is -0.233. The van der Waals surface area contributed by atoms with Gasteiger partial charge >= 0.3 is 5.97 Å². The largest absolute Gasteiger partial charge is 0.460 e. The van der Waals surface area contributed by atoms with Crippen LogP contribution in [0.3, 0.4) is 0 Å². The summed E-state index contributed by atoms with van der Waals surface area (Å²) in [5, 5.41) is 2.96. The normalized spacial score (nSPS) is 12.5. The Hall–Kier alpha value is -1.35. The van der Waals surface area contributed by atoms with Crippen LogP contribution in [0.5, 0.6) is 0 Å². The Morgan fingerprint density at radius 2 is 1.94 bits per heavy atom. The van der Waals surface area contributed by atoms with E-state index in [1.54, 1.807) is 7.05 Å². The summed E-state index contributed by atoms with van der Waals surface area (Å²) >= 11 is 0. The van der Waals surface area contributed by atoms with E-state index < -0.39 is 0 Å². The van der Waals surface area contributed by atoms with Crippen LogP contribution in [0, 0.1) is 5.92 Å². The fraction of sp³-hybridized carbons (Fsp3) is 0.462. The third-order valence-electron chi connectivity index (χ3n) is 2.46. The molecule has 3 heteroatoms. The molecule has 0 aliphatic heterocycles. The zero-order chi connectivity index (χ0) is 12.0. The molecule has 16 heavy (non-hydrogen) atoms. The zero-order valence-electron chi connectivity index (χ0n) is 10.1. The molecule has 0 amide bonds. The smallest absolute Gasteiger partial charge is 0.323 e. The SMILES string of the molecule is CN[C@H](C(=O)OCc1ccccc1)C(C)C. The highest BCUT2D eigenvalue weighted by molar-refractivity contribution is 5.76. The molecule has 1 N–H and O–H groups in total. The van der Waals surface area contributed by atoms with Gasteiger partial charge in [-0.15, -0.1) is 0 Å². The molecule has 1 aromatic carbocycles. The van der Waals surface area contributed by atoms with Crippen LogP contribution in [0.1, 0.15) is 19.4 Å². The highest BCUT2D eigenvalue weighted by atomic mass is 16.5. The first-order chi connectivity index (χ1) is 7.65. The molecule has 3 nitrogen and oxygen atoms in total. The molecule has 88 valence electrons. The van der Waals surface area contributed by atoms with Gasteiger partial charge in [0, 0.05) is 0 Å². The number of carbonyl (C=O) groups excluding carboxylic acids is 1. The Labute approximate surface area is 96.8 Å². The van der Waals surface area contributed by atoms with E-state index in [9.17, 15) is 4.79 Å². The Morgan fingerprint density at radius 3 is 2.44 bits per heavy atom. The van der Waals surface area contributed by atoms with Gasteiger partial charge in [0.25, 0.3) is 0 Å². The van der Waals surface area contributed by atoms with Crippen LogP contribution in [-0.2, 0) is 16.1 Å². The molecular weight excluding hydrogens is 202 g/mol.